The minimum absolute atomic E-state index is 0. The summed E-state index contributed by atoms with van der Waals surface area (Å²) in [4.78, 5) is 14.7. The summed E-state index contributed by atoms with van der Waals surface area (Å²) in [6, 6.07) is 8.75. The quantitative estimate of drug-likeness (QED) is 0.909. The van der Waals surface area contributed by atoms with Crippen LogP contribution in [0.5, 0.6) is 0 Å². The van der Waals surface area contributed by atoms with E-state index in [1.165, 1.54) is 11.1 Å². The molecule has 1 amide bonds. The third kappa shape index (κ3) is 2.97. The molecule has 0 spiro atoms. The molecule has 2 atom stereocenters. The van der Waals surface area contributed by atoms with Crippen molar-refractivity contribution in [1.82, 2.24) is 10.2 Å². The number of halogens is 1. The van der Waals surface area contributed by atoms with E-state index in [9.17, 15) is 4.79 Å². The average molecular weight is 313 g/mol. The van der Waals surface area contributed by atoms with Gasteiger partial charge in [0.15, 0.2) is 0 Å². The second-order valence-electron chi connectivity index (χ2n) is 5.30. The van der Waals surface area contributed by atoms with E-state index < -0.39 is 0 Å². The zero-order valence-corrected chi connectivity index (χ0v) is 13.3. The molecule has 2 aliphatic rings. The fourth-order valence-electron chi connectivity index (χ4n) is 2.93. The van der Waals surface area contributed by atoms with E-state index in [4.69, 9.17) is 0 Å². The van der Waals surface area contributed by atoms with Gasteiger partial charge in [-0.15, -0.1) is 24.2 Å². The molecule has 1 fully saturated rings. The summed E-state index contributed by atoms with van der Waals surface area (Å²) < 4.78 is 0. The van der Waals surface area contributed by atoms with Crippen molar-refractivity contribution >= 4 is 30.1 Å². The molecule has 2 heterocycles. The monoisotopic (exact) mass is 312 g/mol. The normalized spacial score (nSPS) is 24.6. The number of rotatable bonds is 2. The zero-order chi connectivity index (χ0) is 13.2. The van der Waals surface area contributed by atoms with Crippen molar-refractivity contribution in [2.45, 2.75) is 24.1 Å². The van der Waals surface area contributed by atoms with Crippen LogP contribution < -0.4 is 5.32 Å². The molecule has 1 aromatic carbocycles. The Bertz CT molecular complexity index is 477. The fourth-order valence-corrected chi connectivity index (χ4v) is 4.23. The number of amides is 1. The Morgan fingerprint density at radius 3 is 2.95 bits per heavy atom. The molecule has 1 aromatic rings. The molecule has 3 nitrogen and oxygen atoms in total. The number of carbonyl (C=O) groups is 1. The highest BCUT2D eigenvalue weighted by Crippen LogP contribution is 2.38. The maximum Gasteiger partial charge on any atom is 0.240 e. The molecule has 0 radical (unpaired) electrons. The highest BCUT2D eigenvalue weighted by Gasteiger charge is 2.32. The standard InChI is InChI=1S/C15H20N2OS.ClH/c1-17(12-6-8-16-10-12)15(18)14-13-5-3-2-4-11(13)7-9-19-14;/h2-5,12,14,16H,6-10H2,1H3;1H. The Labute approximate surface area is 130 Å². The molecule has 1 N–H and O–H groups in total. The molecular formula is C15H21ClN2OS. The lowest BCUT2D eigenvalue weighted by molar-refractivity contribution is -0.131. The van der Waals surface area contributed by atoms with Gasteiger partial charge < -0.3 is 10.2 Å². The zero-order valence-electron chi connectivity index (χ0n) is 11.7. The van der Waals surface area contributed by atoms with E-state index in [0.29, 0.717) is 6.04 Å². The van der Waals surface area contributed by atoms with Crippen LogP contribution in [0.4, 0.5) is 0 Å². The molecule has 2 unspecified atom stereocenters. The van der Waals surface area contributed by atoms with E-state index in [1.807, 2.05) is 18.0 Å². The van der Waals surface area contributed by atoms with E-state index in [1.54, 1.807) is 11.8 Å². The number of hydrogen-bond donors (Lipinski definition) is 1. The van der Waals surface area contributed by atoms with Crippen LogP contribution in [0, 0.1) is 0 Å². The Kier molecular flexibility index (Phi) is 5.35. The molecule has 2 aliphatic heterocycles. The third-order valence-corrected chi connectivity index (χ3v) is 5.38. The number of nitrogens with zero attached hydrogens (tertiary/aromatic N) is 1. The average Bonchev–Trinajstić information content (AvgIpc) is 2.99. The predicted molar refractivity (Wildman–Crippen MR) is 86.6 cm³/mol. The van der Waals surface area contributed by atoms with Gasteiger partial charge in [-0.3, -0.25) is 4.79 Å². The van der Waals surface area contributed by atoms with Crippen molar-refractivity contribution in [3.8, 4) is 0 Å². The SMILES string of the molecule is CN(C(=O)C1SCCc2ccccc21)C1CCNC1.Cl. The van der Waals surface area contributed by atoms with Gasteiger partial charge in [0.2, 0.25) is 5.91 Å². The number of carbonyl (C=O) groups excluding carboxylic acids is 1. The maximum atomic E-state index is 12.7. The van der Waals surface area contributed by atoms with Gasteiger partial charge in [-0.25, -0.2) is 0 Å². The Morgan fingerprint density at radius 1 is 1.40 bits per heavy atom. The van der Waals surface area contributed by atoms with Crippen LogP contribution >= 0.6 is 24.2 Å². The lowest BCUT2D eigenvalue weighted by Gasteiger charge is -2.31. The molecule has 20 heavy (non-hydrogen) atoms. The predicted octanol–water partition coefficient (Wildman–Crippen LogP) is 2.26. The summed E-state index contributed by atoms with van der Waals surface area (Å²) in [5.74, 6) is 1.32. The Balaban J connectivity index is 0.00000147. The summed E-state index contributed by atoms with van der Waals surface area (Å²) >= 11 is 1.79. The van der Waals surface area contributed by atoms with Gasteiger partial charge in [-0.05, 0) is 36.3 Å². The number of nitrogens with one attached hydrogen (secondary N) is 1. The molecule has 0 bridgehead atoms. The van der Waals surface area contributed by atoms with Crippen LogP contribution in [0.15, 0.2) is 24.3 Å². The Morgan fingerprint density at radius 2 is 2.20 bits per heavy atom. The number of benzene rings is 1. The molecule has 110 valence electrons. The fraction of sp³-hybridized carbons (Fsp3) is 0.533. The highest BCUT2D eigenvalue weighted by molar-refractivity contribution is 8.00. The highest BCUT2D eigenvalue weighted by atomic mass is 35.5. The topological polar surface area (TPSA) is 32.3 Å². The first-order valence-corrected chi connectivity index (χ1v) is 7.99. The number of aryl methyl sites for hydroxylation is 1. The molecule has 0 saturated carbocycles. The van der Waals surface area contributed by atoms with E-state index in [0.717, 1.165) is 31.7 Å². The third-order valence-electron chi connectivity index (χ3n) is 4.15. The van der Waals surface area contributed by atoms with Crippen molar-refractivity contribution < 1.29 is 4.79 Å². The summed E-state index contributed by atoms with van der Waals surface area (Å²) in [6.45, 7) is 1.96. The maximum absolute atomic E-state index is 12.7. The van der Waals surface area contributed by atoms with Gasteiger partial charge in [0.1, 0.15) is 5.25 Å². The Hall–Kier alpha value is -0.710. The van der Waals surface area contributed by atoms with Gasteiger partial charge in [0.05, 0.1) is 0 Å². The van der Waals surface area contributed by atoms with Gasteiger partial charge in [0.25, 0.3) is 0 Å². The van der Waals surface area contributed by atoms with E-state index in [2.05, 4.69) is 23.5 Å². The molecule has 0 aliphatic carbocycles. The van der Waals surface area contributed by atoms with Crippen LogP contribution in [0.1, 0.15) is 22.8 Å². The van der Waals surface area contributed by atoms with Crippen LogP contribution in [0.25, 0.3) is 0 Å². The van der Waals surface area contributed by atoms with E-state index >= 15 is 0 Å². The van der Waals surface area contributed by atoms with Crippen molar-refractivity contribution in [3.63, 3.8) is 0 Å². The van der Waals surface area contributed by atoms with Crippen molar-refractivity contribution in [2.75, 3.05) is 25.9 Å². The molecule has 1 saturated heterocycles. The minimum atomic E-state index is -0.00412. The number of likely N-dealkylation sites (N-methyl/N-ethyl adjacent to an activating group) is 1. The summed E-state index contributed by atoms with van der Waals surface area (Å²) in [5, 5.41) is 3.33. The smallest absolute Gasteiger partial charge is 0.240 e. The summed E-state index contributed by atoms with van der Waals surface area (Å²) in [7, 11) is 1.96. The lowest BCUT2D eigenvalue weighted by atomic mass is 10.0. The number of hydrogen-bond acceptors (Lipinski definition) is 3. The first-order valence-electron chi connectivity index (χ1n) is 6.94. The van der Waals surface area contributed by atoms with Crippen molar-refractivity contribution in [3.05, 3.63) is 35.4 Å². The van der Waals surface area contributed by atoms with Gasteiger partial charge >= 0.3 is 0 Å². The number of thioether (sulfide) groups is 1. The van der Waals surface area contributed by atoms with Gasteiger partial charge in [-0.2, -0.15) is 0 Å². The number of fused-ring (bicyclic) bond motifs is 1. The van der Waals surface area contributed by atoms with Gasteiger partial charge in [0, 0.05) is 19.6 Å². The van der Waals surface area contributed by atoms with Crippen LogP contribution in [0.3, 0.4) is 0 Å². The van der Waals surface area contributed by atoms with Crippen molar-refractivity contribution in [2.24, 2.45) is 0 Å². The van der Waals surface area contributed by atoms with Gasteiger partial charge in [-0.1, -0.05) is 24.3 Å². The van der Waals surface area contributed by atoms with Crippen molar-refractivity contribution in [1.29, 1.82) is 0 Å². The minimum Gasteiger partial charge on any atom is -0.340 e. The van der Waals surface area contributed by atoms with E-state index in [-0.39, 0.29) is 23.6 Å². The second kappa shape index (κ2) is 6.83. The second-order valence-corrected chi connectivity index (χ2v) is 6.51. The molecular weight excluding hydrogens is 292 g/mol. The first-order chi connectivity index (χ1) is 9.27. The van der Waals surface area contributed by atoms with Crippen LogP contribution in [0.2, 0.25) is 0 Å². The van der Waals surface area contributed by atoms with Crippen LogP contribution in [-0.4, -0.2) is 42.7 Å². The molecule has 0 aromatic heterocycles. The lowest BCUT2D eigenvalue weighted by Crippen LogP contribution is -2.41. The molecule has 3 rings (SSSR count). The summed E-state index contributed by atoms with van der Waals surface area (Å²) in [6.07, 6.45) is 2.15. The van der Waals surface area contributed by atoms with Crippen LogP contribution in [-0.2, 0) is 11.2 Å². The summed E-state index contributed by atoms with van der Waals surface area (Å²) in [5.41, 5.74) is 2.57. The molecule has 5 heteroatoms. The first kappa shape index (κ1) is 15.7. The largest absolute Gasteiger partial charge is 0.340 e.